The van der Waals surface area contributed by atoms with E-state index in [1.807, 2.05) is 0 Å². The lowest BCUT2D eigenvalue weighted by molar-refractivity contribution is -0.0226. The van der Waals surface area contributed by atoms with Crippen LogP contribution in [0, 0.1) is 0 Å². The molecule has 2 aliphatic heterocycles. The van der Waals surface area contributed by atoms with Crippen molar-refractivity contribution in [3.63, 3.8) is 0 Å². The molecular weight excluding hydrogens is 316 g/mol. The van der Waals surface area contributed by atoms with Gasteiger partial charge in [-0.25, -0.2) is 9.97 Å². The highest BCUT2D eigenvalue weighted by atomic mass is 16.6. The molecule has 2 saturated heterocycles. The van der Waals surface area contributed by atoms with Gasteiger partial charge in [-0.2, -0.15) is 0 Å². The summed E-state index contributed by atoms with van der Waals surface area (Å²) < 4.78 is 11.3. The Morgan fingerprint density at radius 1 is 1.21 bits per heavy atom. The zero-order valence-corrected chi connectivity index (χ0v) is 13.0. The molecule has 2 aromatic rings. The van der Waals surface area contributed by atoms with E-state index in [0.29, 0.717) is 22.5 Å². The molecule has 0 aromatic carbocycles. The van der Waals surface area contributed by atoms with E-state index in [1.165, 1.54) is 12.6 Å². The first-order valence-electron chi connectivity index (χ1n) is 8.01. The van der Waals surface area contributed by atoms with Crippen molar-refractivity contribution in [2.24, 2.45) is 0 Å². The van der Waals surface area contributed by atoms with E-state index < -0.39 is 24.4 Å². The monoisotopic (exact) mass is 336 g/mol. The van der Waals surface area contributed by atoms with Gasteiger partial charge in [-0.3, -0.25) is 0 Å². The van der Waals surface area contributed by atoms with E-state index in [9.17, 15) is 15.3 Å². The van der Waals surface area contributed by atoms with Gasteiger partial charge in [0.15, 0.2) is 11.4 Å². The van der Waals surface area contributed by atoms with Crippen LogP contribution in [0.15, 0.2) is 17.0 Å². The first-order valence-corrected chi connectivity index (χ1v) is 8.01. The number of furan rings is 1. The van der Waals surface area contributed by atoms with E-state index in [0.717, 1.165) is 26.2 Å². The summed E-state index contributed by atoms with van der Waals surface area (Å²) in [5.74, 6) is 0.708. The third kappa shape index (κ3) is 2.45. The molecule has 2 fully saturated rings. The maximum atomic E-state index is 10.2. The Morgan fingerprint density at radius 2 is 2.00 bits per heavy atom. The molecule has 4 N–H and O–H groups in total. The Hall–Kier alpha value is -1.78. The Balaban J connectivity index is 1.71. The fraction of sp³-hybridized carbons (Fsp3) is 0.600. The zero-order valence-electron chi connectivity index (χ0n) is 13.0. The van der Waals surface area contributed by atoms with Gasteiger partial charge in [-0.15, -0.1) is 0 Å². The van der Waals surface area contributed by atoms with Crippen molar-refractivity contribution < 1.29 is 24.5 Å². The van der Waals surface area contributed by atoms with Crippen LogP contribution >= 0.6 is 0 Å². The topological polar surface area (TPSA) is 124 Å². The van der Waals surface area contributed by atoms with Crippen LogP contribution in [0.2, 0.25) is 0 Å². The van der Waals surface area contributed by atoms with Crippen LogP contribution in [0.4, 0.5) is 5.82 Å². The minimum absolute atomic E-state index is 0.370. The number of hydrogen-bond donors (Lipinski definition) is 4. The number of piperazine rings is 1. The van der Waals surface area contributed by atoms with Crippen molar-refractivity contribution in [1.82, 2.24) is 15.3 Å². The van der Waals surface area contributed by atoms with Crippen LogP contribution < -0.4 is 10.2 Å². The molecule has 4 rings (SSSR count). The van der Waals surface area contributed by atoms with E-state index in [-0.39, 0.29) is 6.61 Å². The molecule has 0 unspecified atom stereocenters. The van der Waals surface area contributed by atoms with Gasteiger partial charge < -0.3 is 34.7 Å². The molecule has 9 heteroatoms. The van der Waals surface area contributed by atoms with E-state index in [2.05, 4.69) is 20.2 Å². The standard InChI is InChI=1S/C15H20N4O5/c20-5-9-11(21)12(22)13(24-9)8-6-23-14-10(8)17-7-18-15(14)19-3-1-16-2-4-19/h6-7,9,11-13,16,20-22H,1-5H2/t9-,11-,12-,13+/m1/s1. The number of aromatic nitrogens is 2. The Bertz CT molecular complexity index is 717. The third-order valence-electron chi connectivity index (χ3n) is 4.63. The van der Waals surface area contributed by atoms with Gasteiger partial charge in [0.1, 0.15) is 36.3 Å². The number of nitrogens with zero attached hydrogens (tertiary/aromatic N) is 3. The number of hydrogen-bond acceptors (Lipinski definition) is 9. The number of nitrogens with one attached hydrogen (secondary N) is 1. The summed E-state index contributed by atoms with van der Waals surface area (Å²) in [6.45, 7) is 3.00. The van der Waals surface area contributed by atoms with Crippen LogP contribution in [0.5, 0.6) is 0 Å². The van der Waals surface area contributed by atoms with E-state index in [4.69, 9.17) is 9.15 Å². The molecule has 24 heavy (non-hydrogen) atoms. The molecule has 4 heterocycles. The van der Waals surface area contributed by atoms with Gasteiger partial charge in [0, 0.05) is 31.7 Å². The summed E-state index contributed by atoms with van der Waals surface area (Å²) in [6.07, 6.45) is -1.00. The number of aliphatic hydroxyl groups is 3. The summed E-state index contributed by atoms with van der Waals surface area (Å²) in [5.41, 5.74) is 1.63. The van der Waals surface area contributed by atoms with E-state index in [1.54, 1.807) is 0 Å². The summed E-state index contributed by atoms with van der Waals surface area (Å²) in [7, 11) is 0. The van der Waals surface area contributed by atoms with Gasteiger partial charge >= 0.3 is 0 Å². The Morgan fingerprint density at radius 3 is 2.71 bits per heavy atom. The predicted octanol–water partition coefficient (Wildman–Crippen LogP) is -1.21. The maximum absolute atomic E-state index is 10.2. The van der Waals surface area contributed by atoms with Crippen molar-refractivity contribution in [3.05, 3.63) is 18.2 Å². The molecule has 0 saturated carbocycles. The number of ether oxygens (including phenoxy) is 1. The SMILES string of the molecule is OC[C@H]1O[C@@H](c2coc3c(N4CCNCC4)ncnc23)[C@H](O)[C@@H]1O. The van der Waals surface area contributed by atoms with Gasteiger partial charge in [-0.1, -0.05) is 0 Å². The predicted molar refractivity (Wildman–Crippen MR) is 83.6 cm³/mol. The second-order valence-corrected chi connectivity index (χ2v) is 6.06. The molecule has 2 aromatic heterocycles. The highest BCUT2D eigenvalue weighted by molar-refractivity contribution is 5.86. The molecule has 0 amide bonds. The fourth-order valence-electron chi connectivity index (χ4n) is 3.32. The van der Waals surface area contributed by atoms with Gasteiger partial charge in [-0.05, 0) is 0 Å². The zero-order chi connectivity index (χ0) is 16.7. The largest absolute Gasteiger partial charge is 0.458 e. The van der Waals surface area contributed by atoms with Gasteiger partial charge in [0.05, 0.1) is 12.9 Å². The number of anilines is 1. The molecule has 9 nitrogen and oxygen atoms in total. The average molecular weight is 336 g/mol. The van der Waals surface area contributed by atoms with Gasteiger partial charge in [0.2, 0.25) is 0 Å². The second kappa shape index (κ2) is 6.26. The highest BCUT2D eigenvalue weighted by Crippen LogP contribution is 2.38. The normalized spacial score (nSPS) is 31.0. The lowest BCUT2D eigenvalue weighted by atomic mass is 10.0. The molecule has 0 spiro atoms. The third-order valence-corrected chi connectivity index (χ3v) is 4.63. The first kappa shape index (κ1) is 15.7. The van der Waals surface area contributed by atoms with E-state index >= 15 is 0 Å². The quantitative estimate of drug-likeness (QED) is 0.546. The minimum Gasteiger partial charge on any atom is -0.458 e. The van der Waals surface area contributed by atoms with Crippen LogP contribution in [-0.2, 0) is 4.74 Å². The Kier molecular flexibility index (Phi) is 4.10. The van der Waals surface area contributed by atoms with Crippen LogP contribution in [0.1, 0.15) is 11.7 Å². The molecule has 4 atom stereocenters. The molecule has 0 bridgehead atoms. The number of aliphatic hydroxyl groups excluding tert-OH is 3. The van der Waals surface area contributed by atoms with Crippen LogP contribution in [-0.4, -0.2) is 76.4 Å². The average Bonchev–Trinajstić information content (AvgIpc) is 3.17. The van der Waals surface area contributed by atoms with Gasteiger partial charge in [0.25, 0.3) is 0 Å². The summed E-state index contributed by atoms with van der Waals surface area (Å²) in [6, 6.07) is 0. The van der Waals surface area contributed by atoms with Crippen LogP contribution in [0.25, 0.3) is 11.1 Å². The number of fused-ring (bicyclic) bond motifs is 1. The highest BCUT2D eigenvalue weighted by Gasteiger charge is 2.44. The van der Waals surface area contributed by atoms with Crippen LogP contribution in [0.3, 0.4) is 0 Å². The Labute approximate surface area is 137 Å². The summed E-state index contributed by atoms with van der Waals surface area (Å²) in [4.78, 5) is 10.7. The molecule has 130 valence electrons. The van der Waals surface area contributed by atoms with Crippen molar-refractivity contribution in [2.75, 3.05) is 37.7 Å². The van der Waals surface area contributed by atoms with Crippen molar-refractivity contribution >= 4 is 16.9 Å². The maximum Gasteiger partial charge on any atom is 0.195 e. The smallest absolute Gasteiger partial charge is 0.195 e. The molecule has 0 aliphatic carbocycles. The van der Waals surface area contributed by atoms with Crippen molar-refractivity contribution in [1.29, 1.82) is 0 Å². The molecule has 2 aliphatic rings. The first-order chi connectivity index (χ1) is 11.7. The second-order valence-electron chi connectivity index (χ2n) is 6.06. The lowest BCUT2D eigenvalue weighted by Crippen LogP contribution is -2.44. The lowest BCUT2D eigenvalue weighted by Gasteiger charge is -2.28. The van der Waals surface area contributed by atoms with Crippen molar-refractivity contribution in [2.45, 2.75) is 24.4 Å². The summed E-state index contributed by atoms with van der Waals surface area (Å²) in [5, 5.41) is 32.7. The molecule has 0 radical (unpaired) electrons. The summed E-state index contributed by atoms with van der Waals surface area (Å²) >= 11 is 0. The molecular formula is C15H20N4O5. The van der Waals surface area contributed by atoms with Crippen molar-refractivity contribution in [3.8, 4) is 0 Å². The fourth-order valence-corrected chi connectivity index (χ4v) is 3.32. The minimum atomic E-state index is -1.15. The number of rotatable bonds is 3.